The average Bonchev–Trinajstić information content (AvgIpc) is 2.80. The largest absolute Gasteiger partial charge is 0.389 e. The fraction of sp³-hybridized carbons (Fsp3) is 0.300. The standard InChI is InChI=1S/C20H22N2O3/c1-20(2,25)14-22-18(23)17(16-11-7-4-8-12-16)21(19(22)24)13-15-9-5-3-6-10-15/h3-12,17,25H,13-14H2,1-2H3/t17-/m0/s1. The van der Waals surface area contributed by atoms with E-state index < -0.39 is 11.6 Å². The molecule has 0 spiro atoms. The second-order valence-corrected chi connectivity index (χ2v) is 6.95. The Morgan fingerprint density at radius 1 is 0.960 bits per heavy atom. The van der Waals surface area contributed by atoms with Crippen molar-refractivity contribution in [3.8, 4) is 0 Å². The quantitative estimate of drug-likeness (QED) is 0.853. The number of aliphatic hydroxyl groups is 1. The lowest BCUT2D eigenvalue weighted by molar-refractivity contribution is -0.130. The van der Waals surface area contributed by atoms with E-state index in [0.717, 1.165) is 16.0 Å². The Bertz CT molecular complexity index is 754. The number of benzene rings is 2. The third-order valence-corrected chi connectivity index (χ3v) is 4.14. The molecule has 0 bridgehead atoms. The molecule has 0 radical (unpaired) electrons. The number of carbonyl (C=O) groups is 2. The minimum atomic E-state index is -1.14. The lowest BCUT2D eigenvalue weighted by atomic mass is 10.0. The molecule has 25 heavy (non-hydrogen) atoms. The van der Waals surface area contributed by atoms with Gasteiger partial charge < -0.3 is 10.0 Å². The molecule has 0 aliphatic carbocycles. The van der Waals surface area contributed by atoms with Crippen LogP contribution in [0, 0.1) is 0 Å². The summed E-state index contributed by atoms with van der Waals surface area (Å²) < 4.78 is 0. The van der Waals surface area contributed by atoms with Crippen molar-refractivity contribution < 1.29 is 14.7 Å². The normalized spacial score (nSPS) is 18.1. The van der Waals surface area contributed by atoms with Gasteiger partial charge in [0.1, 0.15) is 6.04 Å². The van der Waals surface area contributed by atoms with Gasteiger partial charge in [-0.2, -0.15) is 0 Å². The van der Waals surface area contributed by atoms with Crippen molar-refractivity contribution in [2.24, 2.45) is 0 Å². The van der Waals surface area contributed by atoms with Crippen molar-refractivity contribution in [3.63, 3.8) is 0 Å². The van der Waals surface area contributed by atoms with Gasteiger partial charge in [0, 0.05) is 6.54 Å². The minimum Gasteiger partial charge on any atom is -0.389 e. The summed E-state index contributed by atoms with van der Waals surface area (Å²) in [6.45, 7) is 3.49. The fourth-order valence-corrected chi connectivity index (χ4v) is 3.07. The highest BCUT2D eigenvalue weighted by Crippen LogP contribution is 2.33. The van der Waals surface area contributed by atoms with Gasteiger partial charge in [-0.15, -0.1) is 0 Å². The van der Waals surface area contributed by atoms with Crippen molar-refractivity contribution in [2.45, 2.75) is 32.0 Å². The molecule has 0 saturated carbocycles. The number of imide groups is 1. The molecule has 5 heteroatoms. The van der Waals surface area contributed by atoms with Gasteiger partial charge in [-0.05, 0) is 25.0 Å². The maximum absolute atomic E-state index is 12.9. The molecule has 2 aromatic carbocycles. The zero-order chi connectivity index (χ0) is 18.0. The van der Waals surface area contributed by atoms with Crippen LogP contribution in [0.15, 0.2) is 60.7 Å². The van der Waals surface area contributed by atoms with E-state index in [1.807, 2.05) is 60.7 Å². The van der Waals surface area contributed by atoms with Gasteiger partial charge in [0.25, 0.3) is 5.91 Å². The van der Waals surface area contributed by atoms with Crippen molar-refractivity contribution in [1.82, 2.24) is 9.80 Å². The summed E-state index contributed by atoms with van der Waals surface area (Å²) in [6, 6.07) is 17.8. The highest BCUT2D eigenvalue weighted by Gasteiger charge is 2.47. The first kappa shape index (κ1) is 17.2. The lowest BCUT2D eigenvalue weighted by Crippen LogP contribution is -2.42. The van der Waals surface area contributed by atoms with Gasteiger partial charge in [0.2, 0.25) is 0 Å². The molecular weight excluding hydrogens is 316 g/mol. The van der Waals surface area contributed by atoms with Crippen LogP contribution in [0.4, 0.5) is 4.79 Å². The van der Waals surface area contributed by atoms with Crippen molar-refractivity contribution in [2.75, 3.05) is 6.54 Å². The molecule has 1 N–H and O–H groups in total. The van der Waals surface area contributed by atoms with E-state index in [9.17, 15) is 14.7 Å². The van der Waals surface area contributed by atoms with Crippen molar-refractivity contribution >= 4 is 11.9 Å². The Morgan fingerprint density at radius 2 is 1.52 bits per heavy atom. The van der Waals surface area contributed by atoms with E-state index >= 15 is 0 Å². The van der Waals surface area contributed by atoms with Gasteiger partial charge in [0.15, 0.2) is 0 Å². The number of rotatable bonds is 5. The van der Waals surface area contributed by atoms with Crippen molar-refractivity contribution in [1.29, 1.82) is 0 Å². The molecule has 130 valence electrons. The minimum absolute atomic E-state index is 0.0285. The Balaban J connectivity index is 1.96. The van der Waals surface area contributed by atoms with Gasteiger partial charge in [-0.25, -0.2) is 4.79 Å². The van der Waals surface area contributed by atoms with E-state index in [0.29, 0.717) is 6.54 Å². The SMILES string of the molecule is CC(C)(O)CN1C(=O)[C@H](c2ccccc2)N(Cc2ccccc2)C1=O. The van der Waals surface area contributed by atoms with Gasteiger partial charge in [-0.1, -0.05) is 60.7 Å². The Morgan fingerprint density at radius 3 is 2.08 bits per heavy atom. The number of urea groups is 1. The molecule has 1 heterocycles. The van der Waals surface area contributed by atoms with E-state index in [1.54, 1.807) is 18.7 Å². The Labute approximate surface area is 147 Å². The first-order chi connectivity index (χ1) is 11.9. The Kier molecular flexibility index (Phi) is 4.59. The van der Waals surface area contributed by atoms with Gasteiger partial charge in [-0.3, -0.25) is 9.69 Å². The van der Waals surface area contributed by atoms with Gasteiger partial charge >= 0.3 is 6.03 Å². The number of hydrogen-bond donors (Lipinski definition) is 1. The summed E-state index contributed by atoms with van der Waals surface area (Å²) in [5.74, 6) is -0.297. The molecule has 1 atom stereocenters. The van der Waals surface area contributed by atoms with E-state index in [2.05, 4.69) is 0 Å². The van der Waals surface area contributed by atoms with Crippen LogP contribution in [0.1, 0.15) is 31.0 Å². The van der Waals surface area contributed by atoms with Crippen LogP contribution >= 0.6 is 0 Å². The zero-order valence-electron chi connectivity index (χ0n) is 14.4. The number of hydrogen-bond acceptors (Lipinski definition) is 3. The monoisotopic (exact) mass is 338 g/mol. The van der Waals surface area contributed by atoms with Crippen LogP contribution in [-0.2, 0) is 11.3 Å². The van der Waals surface area contributed by atoms with Crippen LogP contribution in [0.2, 0.25) is 0 Å². The molecule has 3 rings (SSSR count). The molecule has 0 unspecified atom stereocenters. The molecule has 5 nitrogen and oxygen atoms in total. The maximum Gasteiger partial charge on any atom is 0.328 e. The van der Waals surface area contributed by atoms with Crippen LogP contribution < -0.4 is 0 Å². The molecule has 1 fully saturated rings. The highest BCUT2D eigenvalue weighted by molar-refractivity contribution is 6.04. The lowest BCUT2D eigenvalue weighted by Gasteiger charge is -2.24. The van der Waals surface area contributed by atoms with E-state index in [1.165, 1.54) is 0 Å². The van der Waals surface area contributed by atoms with E-state index in [4.69, 9.17) is 0 Å². The second kappa shape index (κ2) is 6.69. The first-order valence-electron chi connectivity index (χ1n) is 8.30. The molecule has 1 aliphatic rings. The molecular formula is C20H22N2O3. The zero-order valence-corrected chi connectivity index (χ0v) is 14.4. The fourth-order valence-electron chi connectivity index (χ4n) is 3.07. The summed E-state index contributed by atoms with van der Waals surface area (Å²) in [4.78, 5) is 28.6. The summed E-state index contributed by atoms with van der Waals surface area (Å²) in [5, 5.41) is 10.1. The van der Waals surface area contributed by atoms with Crippen LogP contribution in [0.3, 0.4) is 0 Å². The summed E-state index contributed by atoms with van der Waals surface area (Å²) in [5.41, 5.74) is 0.583. The molecule has 1 aliphatic heterocycles. The third-order valence-electron chi connectivity index (χ3n) is 4.14. The van der Waals surface area contributed by atoms with Crippen LogP contribution in [-0.4, -0.2) is 39.0 Å². The number of amides is 3. The third kappa shape index (κ3) is 3.72. The number of carbonyl (C=O) groups excluding carboxylic acids is 2. The number of β-amino-alcohol motifs (C(OH)–C–C–N with tert-alkyl or cyclic N) is 1. The topological polar surface area (TPSA) is 60.9 Å². The summed E-state index contributed by atoms with van der Waals surface area (Å²) >= 11 is 0. The average molecular weight is 338 g/mol. The van der Waals surface area contributed by atoms with Crippen molar-refractivity contribution in [3.05, 3.63) is 71.8 Å². The highest BCUT2D eigenvalue weighted by atomic mass is 16.3. The first-order valence-corrected chi connectivity index (χ1v) is 8.30. The second-order valence-electron chi connectivity index (χ2n) is 6.95. The predicted molar refractivity (Wildman–Crippen MR) is 94.6 cm³/mol. The predicted octanol–water partition coefficient (Wildman–Crippen LogP) is 2.96. The van der Waals surface area contributed by atoms with Gasteiger partial charge in [0.05, 0.1) is 12.1 Å². The maximum atomic E-state index is 12.9. The Hall–Kier alpha value is -2.66. The summed E-state index contributed by atoms with van der Waals surface area (Å²) in [7, 11) is 0. The van der Waals surface area contributed by atoms with E-state index in [-0.39, 0.29) is 18.5 Å². The molecule has 0 aromatic heterocycles. The number of nitrogens with zero attached hydrogens (tertiary/aromatic N) is 2. The van der Waals surface area contributed by atoms with Crippen LogP contribution in [0.5, 0.6) is 0 Å². The van der Waals surface area contributed by atoms with Crippen LogP contribution in [0.25, 0.3) is 0 Å². The molecule has 2 aromatic rings. The summed E-state index contributed by atoms with van der Waals surface area (Å²) in [6.07, 6.45) is 0. The molecule has 3 amide bonds. The molecule has 1 saturated heterocycles. The smallest absolute Gasteiger partial charge is 0.328 e.